The number of aromatic nitrogens is 2. The largest absolute Gasteiger partial charge is 0.456 e. The van der Waals surface area contributed by atoms with Gasteiger partial charge in [0.1, 0.15) is 27.8 Å². The van der Waals surface area contributed by atoms with Crippen molar-refractivity contribution < 1.29 is 13.3 Å². The molecule has 0 atom stereocenters. The van der Waals surface area contributed by atoms with Crippen molar-refractivity contribution in [3.05, 3.63) is 176 Å². The Morgan fingerprint density at radius 3 is 1.76 bits per heavy atom. The highest BCUT2D eigenvalue weighted by atomic mass is 16.4. The van der Waals surface area contributed by atoms with Crippen LogP contribution in [0.2, 0.25) is 0 Å². The first-order valence-electron chi connectivity index (χ1n) is 18.4. The van der Waals surface area contributed by atoms with Crippen LogP contribution in [0.1, 0.15) is 0 Å². The lowest BCUT2D eigenvalue weighted by molar-refractivity contribution is 0.620. The molecular weight excluding hydrogens is 679 g/mol. The van der Waals surface area contributed by atoms with Crippen molar-refractivity contribution in [3.63, 3.8) is 0 Å². The van der Waals surface area contributed by atoms with Crippen LogP contribution in [0.3, 0.4) is 0 Å². The second-order valence-corrected chi connectivity index (χ2v) is 14.0. The summed E-state index contributed by atoms with van der Waals surface area (Å²) in [5, 5.41) is 6.52. The molecule has 0 saturated carbocycles. The van der Waals surface area contributed by atoms with Crippen molar-refractivity contribution in [2.45, 2.75) is 0 Å². The van der Waals surface area contributed by atoms with Gasteiger partial charge in [0.25, 0.3) is 0 Å². The van der Waals surface area contributed by atoms with E-state index in [1.165, 1.54) is 16.3 Å². The normalized spacial score (nSPS) is 12.0. The highest BCUT2D eigenvalue weighted by Crippen LogP contribution is 2.44. The molecule has 8 aromatic carbocycles. The molecule has 12 rings (SSSR count). The van der Waals surface area contributed by atoms with Crippen LogP contribution in [-0.4, -0.2) is 9.55 Å². The lowest BCUT2D eigenvalue weighted by Crippen LogP contribution is -2.10. The maximum atomic E-state index is 6.46. The standard InChI is InChI=1S/C49H29N3O3/c1-3-11-30(12-4-1)49-50-41-29-47-40(28-48(41)55-49)39-26-33(21-24-46(39)54-47)51(32-20-23-45-38(25-32)37-16-8-10-18-44(37)53-45)34-19-22-36-35-15-7-9-17-42(35)52(43(36)27-34)31-13-5-2-6-14-31/h1-29H. The summed E-state index contributed by atoms with van der Waals surface area (Å²) < 4.78 is 21.4. The number of oxazole rings is 1. The van der Waals surface area contributed by atoms with Crippen LogP contribution in [0.25, 0.3) is 93.9 Å². The summed E-state index contributed by atoms with van der Waals surface area (Å²) in [6.45, 7) is 0. The van der Waals surface area contributed by atoms with Crippen molar-refractivity contribution in [3.8, 4) is 17.1 Å². The van der Waals surface area contributed by atoms with Gasteiger partial charge >= 0.3 is 0 Å². The predicted octanol–water partition coefficient (Wildman–Crippen LogP) is 13.9. The van der Waals surface area contributed by atoms with Crippen molar-refractivity contribution in [2.75, 3.05) is 4.90 Å². The first-order valence-corrected chi connectivity index (χ1v) is 18.4. The van der Waals surface area contributed by atoms with E-state index in [1.807, 2.05) is 48.5 Å². The maximum Gasteiger partial charge on any atom is 0.227 e. The number of nitrogens with zero attached hydrogens (tertiary/aromatic N) is 3. The average molecular weight is 708 g/mol. The molecule has 4 aromatic heterocycles. The number of hydrogen-bond donors (Lipinski definition) is 0. The molecule has 4 heterocycles. The van der Waals surface area contributed by atoms with Crippen LogP contribution in [-0.2, 0) is 0 Å². The number of hydrogen-bond acceptors (Lipinski definition) is 5. The number of fused-ring (bicyclic) bond motifs is 10. The minimum atomic E-state index is 0.588. The Hall–Kier alpha value is -7.57. The second-order valence-electron chi connectivity index (χ2n) is 14.0. The molecule has 0 spiro atoms. The molecule has 0 amide bonds. The third-order valence-corrected chi connectivity index (χ3v) is 10.8. The molecule has 0 unspecified atom stereocenters. The van der Waals surface area contributed by atoms with Gasteiger partial charge < -0.3 is 22.7 Å². The summed E-state index contributed by atoms with van der Waals surface area (Å²) >= 11 is 0. The summed E-state index contributed by atoms with van der Waals surface area (Å²) in [5.74, 6) is 0.588. The Morgan fingerprint density at radius 1 is 0.382 bits per heavy atom. The lowest BCUT2D eigenvalue weighted by Gasteiger charge is -2.26. The van der Waals surface area contributed by atoms with Gasteiger partial charge in [0.15, 0.2) is 5.58 Å². The molecule has 0 aliphatic carbocycles. The Morgan fingerprint density at radius 2 is 0.964 bits per heavy atom. The second kappa shape index (κ2) is 11.5. The summed E-state index contributed by atoms with van der Waals surface area (Å²) in [6.07, 6.45) is 0. The molecule has 0 radical (unpaired) electrons. The fraction of sp³-hybridized carbons (Fsp3) is 0. The number of para-hydroxylation sites is 3. The van der Waals surface area contributed by atoms with E-state index in [0.29, 0.717) is 11.5 Å². The van der Waals surface area contributed by atoms with E-state index in [0.717, 1.165) is 83.2 Å². The monoisotopic (exact) mass is 707 g/mol. The number of anilines is 3. The van der Waals surface area contributed by atoms with Gasteiger partial charge in [0, 0.05) is 66.7 Å². The fourth-order valence-corrected chi connectivity index (χ4v) is 8.28. The first-order chi connectivity index (χ1) is 27.2. The van der Waals surface area contributed by atoms with Gasteiger partial charge in [-0.3, -0.25) is 0 Å². The van der Waals surface area contributed by atoms with E-state index in [4.69, 9.17) is 18.2 Å². The molecule has 6 heteroatoms. The number of benzene rings is 8. The van der Waals surface area contributed by atoms with E-state index in [2.05, 4.69) is 137 Å². The van der Waals surface area contributed by atoms with Gasteiger partial charge in [-0.2, -0.15) is 0 Å². The predicted molar refractivity (Wildman–Crippen MR) is 223 cm³/mol. The van der Waals surface area contributed by atoms with Crippen LogP contribution in [0.15, 0.2) is 189 Å². The number of furan rings is 2. The van der Waals surface area contributed by atoms with Gasteiger partial charge in [0.2, 0.25) is 5.89 Å². The van der Waals surface area contributed by atoms with E-state index < -0.39 is 0 Å². The topological polar surface area (TPSA) is 60.5 Å². The molecule has 0 aliphatic heterocycles. The smallest absolute Gasteiger partial charge is 0.227 e. The molecule has 55 heavy (non-hydrogen) atoms. The summed E-state index contributed by atoms with van der Waals surface area (Å²) in [5.41, 5.74) is 12.1. The highest BCUT2D eigenvalue weighted by Gasteiger charge is 2.21. The molecule has 12 aromatic rings. The van der Waals surface area contributed by atoms with Crippen molar-refractivity contribution in [2.24, 2.45) is 0 Å². The fourth-order valence-electron chi connectivity index (χ4n) is 8.28. The third-order valence-electron chi connectivity index (χ3n) is 10.8. The third kappa shape index (κ3) is 4.58. The van der Waals surface area contributed by atoms with Crippen LogP contribution in [0.4, 0.5) is 17.1 Å². The maximum absolute atomic E-state index is 6.46. The molecule has 0 N–H and O–H groups in total. The molecular formula is C49H29N3O3. The Balaban J connectivity index is 1.09. The van der Waals surface area contributed by atoms with Crippen LogP contribution < -0.4 is 4.90 Å². The van der Waals surface area contributed by atoms with Crippen molar-refractivity contribution in [1.29, 1.82) is 0 Å². The van der Waals surface area contributed by atoms with Crippen LogP contribution >= 0.6 is 0 Å². The zero-order valence-electron chi connectivity index (χ0n) is 29.3. The van der Waals surface area contributed by atoms with Crippen LogP contribution in [0.5, 0.6) is 0 Å². The quantitative estimate of drug-likeness (QED) is 0.178. The summed E-state index contributed by atoms with van der Waals surface area (Å²) in [4.78, 5) is 7.12. The molecule has 0 bridgehead atoms. The van der Waals surface area contributed by atoms with Crippen LogP contribution in [0, 0.1) is 0 Å². The molecule has 0 aliphatic rings. The molecule has 6 nitrogen and oxygen atoms in total. The Kier molecular flexibility index (Phi) is 6.24. The zero-order valence-corrected chi connectivity index (χ0v) is 29.3. The zero-order chi connectivity index (χ0) is 36.0. The van der Waals surface area contributed by atoms with Gasteiger partial charge in [0.05, 0.1) is 11.0 Å². The van der Waals surface area contributed by atoms with Crippen molar-refractivity contribution >= 4 is 93.8 Å². The molecule has 0 saturated heterocycles. The number of rotatable bonds is 5. The summed E-state index contributed by atoms with van der Waals surface area (Å²) in [7, 11) is 0. The van der Waals surface area contributed by atoms with Gasteiger partial charge in [-0.05, 0) is 91.0 Å². The molecule has 258 valence electrons. The van der Waals surface area contributed by atoms with Gasteiger partial charge in [-0.15, -0.1) is 0 Å². The van der Waals surface area contributed by atoms with E-state index >= 15 is 0 Å². The highest BCUT2D eigenvalue weighted by molar-refractivity contribution is 6.13. The van der Waals surface area contributed by atoms with Crippen molar-refractivity contribution in [1.82, 2.24) is 9.55 Å². The lowest BCUT2D eigenvalue weighted by atomic mass is 10.1. The van der Waals surface area contributed by atoms with E-state index in [1.54, 1.807) is 0 Å². The van der Waals surface area contributed by atoms with E-state index in [-0.39, 0.29) is 0 Å². The summed E-state index contributed by atoms with van der Waals surface area (Å²) in [6, 6.07) is 61.1. The Bertz CT molecular complexity index is 3440. The van der Waals surface area contributed by atoms with Gasteiger partial charge in [-0.25, -0.2) is 4.98 Å². The SMILES string of the molecule is c1ccc(-c2nc3cc4oc5ccc(N(c6ccc7oc8ccccc8c7c6)c6ccc7c8ccccc8n(-c8ccccc8)c7c6)cc5c4cc3o2)cc1. The Labute approximate surface area is 313 Å². The molecule has 0 fully saturated rings. The van der Waals surface area contributed by atoms with Gasteiger partial charge in [-0.1, -0.05) is 78.9 Å². The van der Waals surface area contributed by atoms with E-state index in [9.17, 15) is 0 Å². The minimum absolute atomic E-state index is 0.588. The first kappa shape index (κ1) is 29.9. The average Bonchev–Trinajstić information content (AvgIpc) is 4.00. The minimum Gasteiger partial charge on any atom is -0.456 e.